The highest BCUT2D eigenvalue weighted by molar-refractivity contribution is 4.84. The number of likely N-dealkylation sites (N-methyl/N-ethyl adjacent to an activating group) is 1. The molecule has 3 nitrogen and oxygen atoms in total. The first kappa shape index (κ1) is 13.9. The van der Waals surface area contributed by atoms with Crippen LogP contribution in [0.4, 0.5) is 0 Å². The zero-order chi connectivity index (χ0) is 12.0. The van der Waals surface area contributed by atoms with Gasteiger partial charge in [0, 0.05) is 13.1 Å². The highest BCUT2D eigenvalue weighted by atomic mass is 16.3. The van der Waals surface area contributed by atoms with Gasteiger partial charge >= 0.3 is 0 Å². The Labute approximate surface area is 100 Å². The first-order chi connectivity index (χ1) is 7.65. The number of nitrogens with zero attached hydrogens (tertiary/aromatic N) is 1. The molecule has 0 radical (unpaired) electrons. The molecule has 96 valence electrons. The molecule has 0 aliphatic carbocycles. The Hall–Kier alpha value is -0.120. The van der Waals surface area contributed by atoms with E-state index in [1.165, 1.54) is 25.7 Å². The monoisotopic (exact) mass is 228 g/mol. The third-order valence-electron chi connectivity index (χ3n) is 4.33. The molecule has 1 fully saturated rings. The maximum atomic E-state index is 9.74. The summed E-state index contributed by atoms with van der Waals surface area (Å²) < 4.78 is 0. The van der Waals surface area contributed by atoms with E-state index >= 15 is 0 Å². The van der Waals surface area contributed by atoms with Crippen LogP contribution in [0, 0.1) is 5.41 Å². The molecule has 0 saturated carbocycles. The van der Waals surface area contributed by atoms with Crippen molar-refractivity contribution in [2.24, 2.45) is 5.41 Å². The summed E-state index contributed by atoms with van der Waals surface area (Å²) in [4.78, 5) is 2.41. The predicted octanol–water partition coefficient (Wildman–Crippen LogP) is 1.47. The van der Waals surface area contributed by atoms with Crippen LogP contribution in [0.25, 0.3) is 0 Å². The Bertz CT molecular complexity index is 182. The van der Waals surface area contributed by atoms with Gasteiger partial charge in [0.25, 0.3) is 0 Å². The molecule has 0 bridgehead atoms. The molecule has 1 saturated heterocycles. The molecule has 0 aromatic carbocycles. The molecular formula is C13H28N2O. The molecule has 1 aliphatic heterocycles. The summed E-state index contributed by atoms with van der Waals surface area (Å²) in [6, 6.07) is 0. The number of β-amino-alcohol motifs (C(OH)–C–C–N with tert-alkyl or cyclic N) is 1. The molecule has 0 aromatic rings. The summed E-state index contributed by atoms with van der Waals surface area (Å²) in [6.45, 7) is 8.46. The van der Waals surface area contributed by atoms with Crippen molar-refractivity contribution in [2.45, 2.75) is 45.6 Å². The Morgan fingerprint density at radius 2 is 1.81 bits per heavy atom. The fourth-order valence-electron chi connectivity index (χ4n) is 2.77. The number of aliphatic hydroxyl groups excluding tert-OH is 1. The van der Waals surface area contributed by atoms with Crippen LogP contribution < -0.4 is 5.32 Å². The van der Waals surface area contributed by atoms with Crippen molar-refractivity contribution in [3.63, 3.8) is 0 Å². The van der Waals surface area contributed by atoms with Crippen LogP contribution in [0.5, 0.6) is 0 Å². The standard InChI is InChI=1S/C13H28N2O/c1-4-13(5-2)6-8-15(9-7-13)11-12(16)10-14-3/h12,14,16H,4-11H2,1-3H3. The third-order valence-corrected chi connectivity index (χ3v) is 4.33. The topological polar surface area (TPSA) is 35.5 Å². The van der Waals surface area contributed by atoms with Crippen molar-refractivity contribution in [3.8, 4) is 0 Å². The molecule has 1 unspecified atom stereocenters. The second-order valence-electron chi connectivity index (χ2n) is 5.22. The summed E-state index contributed by atoms with van der Waals surface area (Å²) in [5, 5.41) is 12.8. The van der Waals surface area contributed by atoms with Gasteiger partial charge in [0.15, 0.2) is 0 Å². The van der Waals surface area contributed by atoms with Crippen molar-refractivity contribution in [1.29, 1.82) is 0 Å². The minimum Gasteiger partial charge on any atom is -0.390 e. The van der Waals surface area contributed by atoms with E-state index in [-0.39, 0.29) is 6.10 Å². The van der Waals surface area contributed by atoms with Gasteiger partial charge < -0.3 is 15.3 Å². The first-order valence-corrected chi connectivity index (χ1v) is 6.71. The van der Waals surface area contributed by atoms with Gasteiger partial charge in [-0.3, -0.25) is 0 Å². The molecule has 1 atom stereocenters. The van der Waals surface area contributed by atoms with Crippen molar-refractivity contribution in [1.82, 2.24) is 10.2 Å². The summed E-state index contributed by atoms with van der Waals surface area (Å²) in [7, 11) is 1.89. The fourth-order valence-corrected chi connectivity index (χ4v) is 2.77. The van der Waals surface area contributed by atoms with Crippen molar-refractivity contribution in [3.05, 3.63) is 0 Å². The van der Waals surface area contributed by atoms with E-state index in [2.05, 4.69) is 24.1 Å². The number of hydrogen-bond donors (Lipinski definition) is 2. The molecule has 0 spiro atoms. The minimum atomic E-state index is -0.222. The second-order valence-corrected chi connectivity index (χ2v) is 5.22. The fraction of sp³-hybridized carbons (Fsp3) is 1.00. The zero-order valence-electron chi connectivity index (χ0n) is 11.1. The quantitative estimate of drug-likeness (QED) is 0.722. The lowest BCUT2D eigenvalue weighted by Crippen LogP contribution is -2.44. The van der Waals surface area contributed by atoms with Gasteiger partial charge in [-0.2, -0.15) is 0 Å². The zero-order valence-corrected chi connectivity index (χ0v) is 11.1. The number of aliphatic hydroxyl groups is 1. The Kier molecular flexibility index (Phi) is 5.73. The van der Waals surface area contributed by atoms with Gasteiger partial charge in [-0.15, -0.1) is 0 Å². The Balaban J connectivity index is 2.31. The lowest BCUT2D eigenvalue weighted by molar-refractivity contribution is 0.0542. The number of rotatable bonds is 6. The summed E-state index contributed by atoms with van der Waals surface area (Å²) in [6.07, 6.45) is 4.98. The van der Waals surface area contributed by atoms with E-state index < -0.39 is 0 Å². The molecule has 1 heterocycles. The Morgan fingerprint density at radius 1 is 1.25 bits per heavy atom. The maximum Gasteiger partial charge on any atom is 0.0791 e. The van der Waals surface area contributed by atoms with Crippen molar-refractivity contribution in [2.75, 3.05) is 33.2 Å². The minimum absolute atomic E-state index is 0.222. The van der Waals surface area contributed by atoms with Crippen LogP contribution in [-0.2, 0) is 0 Å². The summed E-state index contributed by atoms with van der Waals surface area (Å²) in [5.41, 5.74) is 0.588. The second kappa shape index (κ2) is 6.58. The highest BCUT2D eigenvalue weighted by Crippen LogP contribution is 2.37. The summed E-state index contributed by atoms with van der Waals surface area (Å²) >= 11 is 0. The van der Waals surface area contributed by atoms with Crippen LogP contribution in [0.2, 0.25) is 0 Å². The average Bonchev–Trinajstić information content (AvgIpc) is 2.31. The molecule has 1 rings (SSSR count). The highest BCUT2D eigenvalue weighted by Gasteiger charge is 2.31. The van der Waals surface area contributed by atoms with Gasteiger partial charge in [-0.1, -0.05) is 26.7 Å². The van der Waals surface area contributed by atoms with Crippen LogP contribution in [-0.4, -0.2) is 49.3 Å². The van der Waals surface area contributed by atoms with Crippen molar-refractivity contribution >= 4 is 0 Å². The van der Waals surface area contributed by atoms with Crippen LogP contribution in [0.3, 0.4) is 0 Å². The van der Waals surface area contributed by atoms with Gasteiger partial charge in [0.1, 0.15) is 0 Å². The number of nitrogens with one attached hydrogen (secondary N) is 1. The molecule has 2 N–H and O–H groups in total. The Morgan fingerprint density at radius 3 is 2.25 bits per heavy atom. The molecule has 16 heavy (non-hydrogen) atoms. The van der Waals surface area contributed by atoms with E-state index in [4.69, 9.17) is 0 Å². The summed E-state index contributed by atoms with van der Waals surface area (Å²) in [5.74, 6) is 0. The van der Waals surface area contributed by atoms with E-state index in [0.29, 0.717) is 12.0 Å². The largest absolute Gasteiger partial charge is 0.390 e. The van der Waals surface area contributed by atoms with Crippen LogP contribution in [0.1, 0.15) is 39.5 Å². The first-order valence-electron chi connectivity index (χ1n) is 6.71. The number of likely N-dealkylation sites (tertiary alicyclic amines) is 1. The number of hydrogen-bond acceptors (Lipinski definition) is 3. The molecule has 1 aliphatic rings. The van der Waals surface area contributed by atoms with E-state index in [1.807, 2.05) is 7.05 Å². The molecular weight excluding hydrogens is 200 g/mol. The van der Waals surface area contributed by atoms with Crippen LogP contribution in [0.15, 0.2) is 0 Å². The third kappa shape index (κ3) is 3.72. The van der Waals surface area contributed by atoms with Gasteiger partial charge in [0.05, 0.1) is 6.10 Å². The molecule has 3 heteroatoms. The van der Waals surface area contributed by atoms with E-state index in [0.717, 1.165) is 19.6 Å². The smallest absolute Gasteiger partial charge is 0.0791 e. The molecule has 0 aromatic heterocycles. The van der Waals surface area contributed by atoms with Crippen LogP contribution >= 0.6 is 0 Å². The number of piperidine rings is 1. The normalized spacial score (nSPS) is 23.2. The lowest BCUT2D eigenvalue weighted by Gasteiger charge is -2.41. The molecule has 0 amide bonds. The van der Waals surface area contributed by atoms with Crippen molar-refractivity contribution < 1.29 is 5.11 Å². The van der Waals surface area contributed by atoms with Gasteiger partial charge in [-0.25, -0.2) is 0 Å². The van der Waals surface area contributed by atoms with E-state index in [1.54, 1.807) is 0 Å². The predicted molar refractivity (Wildman–Crippen MR) is 68.6 cm³/mol. The maximum absolute atomic E-state index is 9.74. The van der Waals surface area contributed by atoms with Gasteiger partial charge in [0.2, 0.25) is 0 Å². The average molecular weight is 228 g/mol. The van der Waals surface area contributed by atoms with Gasteiger partial charge in [-0.05, 0) is 38.4 Å². The lowest BCUT2D eigenvalue weighted by atomic mass is 9.74. The SMILES string of the molecule is CCC1(CC)CCN(CC(O)CNC)CC1. The van der Waals surface area contributed by atoms with E-state index in [9.17, 15) is 5.11 Å².